The van der Waals surface area contributed by atoms with Gasteiger partial charge in [0.25, 0.3) is 0 Å². The Morgan fingerprint density at radius 1 is 1.35 bits per heavy atom. The van der Waals surface area contributed by atoms with Gasteiger partial charge in [0.15, 0.2) is 5.65 Å². The second-order valence-electron chi connectivity index (χ2n) is 4.68. The monoisotopic (exact) mass is 271 g/mol. The first-order chi connectivity index (χ1) is 9.52. The molecule has 0 radical (unpaired) electrons. The minimum Gasteiger partial charge on any atom is -0.478 e. The first kappa shape index (κ1) is 12.4. The molecule has 1 N–H and O–H groups in total. The fraction of sp³-hybridized carbons (Fsp3) is 0.214. The second-order valence-corrected chi connectivity index (χ2v) is 4.68. The highest BCUT2D eigenvalue weighted by Crippen LogP contribution is 2.21. The lowest BCUT2D eigenvalue weighted by molar-refractivity contribution is 0.0699. The van der Waals surface area contributed by atoms with E-state index in [1.807, 2.05) is 19.9 Å². The van der Waals surface area contributed by atoms with Crippen LogP contribution in [0, 0.1) is 6.92 Å². The van der Waals surface area contributed by atoms with E-state index >= 15 is 0 Å². The molecule has 102 valence electrons. The van der Waals surface area contributed by atoms with Crippen molar-refractivity contribution in [3.63, 3.8) is 0 Å². The molecule has 0 aliphatic carbocycles. The smallest absolute Gasteiger partial charge is 0.350 e. The van der Waals surface area contributed by atoms with Crippen LogP contribution < -0.4 is 5.69 Å². The molecule has 0 saturated carbocycles. The fourth-order valence-electron chi connectivity index (χ4n) is 2.39. The van der Waals surface area contributed by atoms with Crippen molar-refractivity contribution in [2.45, 2.75) is 20.4 Å². The molecule has 6 heteroatoms. The van der Waals surface area contributed by atoms with Gasteiger partial charge < -0.3 is 5.11 Å². The summed E-state index contributed by atoms with van der Waals surface area (Å²) in [5.41, 5.74) is 1.76. The molecule has 2 aromatic heterocycles. The number of benzene rings is 1. The highest BCUT2D eigenvalue weighted by atomic mass is 16.4. The Hall–Kier alpha value is -2.63. The van der Waals surface area contributed by atoms with Crippen LogP contribution in [0.5, 0.6) is 0 Å². The Bertz CT molecular complexity index is 905. The maximum absolute atomic E-state index is 12.3. The Morgan fingerprint density at radius 2 is 2.10 bits per heavy atom. The van der Waals surface area contributed by atoms with Crippen LogP contribution >= 0.6 is 0 Å². The second kappa shape index (κ2) is 4.19. The maximum atomic E-state index is 12.3. The van der Waals surface area contributed by atoms with Crippen LogP contribution in [0.2, 0.25) is 0 Å². The van der Waals surface area contributed by atoms with Gasteiger partial charge in [-0.2, -0.15) is 0 Å². The Morgan fingerprint density at radius 3 is 2.75 bits per heavy atom. The molecule has 3 aromatic rings. The largest absolute Gasteiger partial charge is 0.478 e. The third kappa shape index (κ3) is 1.61. The minimum atomic E-state index is -1.03. The number of carboxylic acid groups (broad SMARTS) is 1. The molecule has 0 amide bonds. The molecule has 0 spiro atoms. The van der Waals surface area contributed by atoms with Crippen molar-refractivity contribution >= 4 is 22.5 Å². The zero-order valence-electron chi connectivity index (χ0n) is 11.1. The van der Waals surface area contributed by atoms with E-state index in [0.29, 0.717) is 23.1 Å². The van der Waals surface area contributed by atoms with Gasteiger partial charge in [0.1, 0.15) is 0 Å². The highest BCUT2D eigenvalue weighted by Gasteiger charge is 2.16. The number of aryl methyl sites for hydroxylation is 2. The molecule has 0 bridgehead atoms. The number of carboxylic acids is 1. The standard InChI is InChI=1S/C14H13N3O3/c1-3-16-14(20)17-11-5-4-8(2)6-9(11)10(13(18)19)7-12(17)15-16/h4-7H,3H2,1-2H3,(H,18,19). The summed E-state index contributed by atoms with van der Waals surface area (Å²) in [6.07, 6.45) is 0. The van der Waals surface area contributed by atoms with E-state index in [2.05, 4.69) is 5.10 Å². The van der Waals surface area contributed by atoms with Crippen molar-refractivity contribution in [2.24, 2.45) is 0 Å². The van der Waals surface area contributed by atoms with Gasteiger partial charge in [-0.25, -0.2) is 18.7 Å². The van der Waals surface area contributed by atoms with Gasteiger partial charge in [-0.3, -0.25) is 0 Å². The van der Waals surface area contributed by atoms with Crippen LogP contribution in [-0.2, 0) is 6.54 Å². The molecular formula is C14H13N3O3. The zero-order valence-corrected chi connectivity index (χ0v) is 11.1. The van der Waals surface area contributed by atoms with Crippen molar-refractivity contribution in [3.8, 4) is 0 Å². The quantitative estimate of drug-likeness (QED) is 0.769. The number of aromatic carboxylic acids is 1. The van der Waals surface area contributed by atoms with Crippen LogP contribution in [0.1, 0.15) is 22.8 Å². The normalized spacial score (nSPS) is 11.3. The Kier molecular flexibility index (Phi) is 2.60. The molecule has 0 atom stereocenters. The summed E-state index contributed by atoms with van der Waals surface area (Å²) in [6, 6.07) is 6.82. The van der Waals surface area contributed by atoms with Gasteiger partial charge in [-0.1, -0.05) is 11.6 Å². The van der Waals surface area contributed by atoms with E-state index in [0.717, 1.165) is 5.56 Å². The number of pyridine rings is 1. The predicted octanol–water partition coefficient (Wildman–Crippen LogP) is 1.68. The first-order valence-corrected chi connectivity index (χ1v) is 6.29. The number of fused-ring (bicyclic) bond motifs is 3. The molecule has 6 nitrogen and oxygen atoms in total. The molecule has 3 rings (SSSR count). The summed E-state index contributed by atoms with van der Waals surface area (Å²) in [6.45, 7) is 4.14. The van der Waals surface area contributed by atoms with Crippen molar-refractivity contribution in [2.75, 3.05) is 0 Å². The third-order valence-electron chi connectivity index (χ3n) is 3.35. The Balaban J connectivity index is 2.60. The topological polar surface area (TPSA) is 76.6 Å². The summed E-state index contributed by atoms with van der Waals surface area (Å²) in [7, 11) is 0. The van der Waals surface area contributed by atoms with Crippen molar-refractivity contribution in [3.05, 3.63) is 45.9 Å². The van der Waals surface area contributed by atoms with Gasteiger partial charge in [-0.15, -0.1) is 5.10 Å². The van der Waals surface area contributed by atoms with Crippen molar-refractivity contribution in [1.29, 1.82) is 0 Å². The molecule has 2 heterocycles. The van der Waals surface area contributed by atoms with E-state index in [1.165, 1.54) is 15.1 Å². The predicted molar refractivity (Wildman–Crippen MR) is 74.3 cm³/mol. The Labute approximate surface area is 113 Å². The van der Waals surface area contributed by atoms with Gasteiger partial charge >= 0.3 is 11.7 Å². The zero-order chi connectivity index (χ0) is 14.4. The van der Waals surface area contributed by atoms with E-state index < -0.39 is 5.97 Å². The first-order valence-electron chi connectivity index (χ1n) is 6.29. The summed E-state index contributed by atoms with van der Waals surface area (Å²) < 4.78 is 2.77. The highest BCUT2D eigenvalue weighted by molar-refractivity contribution is 6.04. The number of rotatable bonds is 2. The van der Waals surface area contributed by atoms with Gasteiger partial charge in [0.2, 0.25) is 0 Å². The van der Waals surface area contributed by atoms with E-state index in [1.54, 1.807) is 12.1 Å². The average molecular weight is 271 g/mol. The lowest BCUT2D eigenvalue weighted by Gasteiger charge is -2.05. The van der Waals surface area contributed by atoms with Gasteiger partial charge in [-0.05, 0) is 32.0 Å². The number of aromatic nitrogens is 3. The molecule has 0 saturated heterocycles. The molecule has 20 heavy (non-hydrogen) atoms. The summed E-state index contributed by atoms with van der Waals surface area (Å²) in [5, 5.41) is 14.0. The number of hydrogen-bond donors (Lipinski definition) is 1. The average Bonchev–Trinajstić information content (AvgIpc) is 2.74. The van der Waals surface area contributed by atoms with Crippen LogP contribution in [0.15, 0.2) is 29.1 Å². The molecule has 0 aliphatic rings. The molecule has 0 aliphatic heterocycles. The number of nitrogens with zero attached hydrogens (tertiary/aromatic N) is 3. The van der Waals surface area contributed by atoms with Crippen LogP contribution in [-0.4, -0.2) is 25.3 Å². The molecule has 0 unspecified atom stereocenters. The van der Waals surface area contributed by atoms with Crippen molar-refractivity contribution < 1.29 is 9.90 Å². The van der Waals surface area contributed by atoms with Crippen LogP contribution in [0.4, 0.5) is 0 Å². The van der Waals surface area contributed by atoms with Gasteiger partial charge in [0, 0.05) is 11.9 Å². The molecule has 1 aromatic carbocycles. The number of carbonyl (C=O) groups is 1. The minimum absolute atomic E-state index is 0.157. The summed E-state index contributed by atoms with van der Waals surface area (Å²) in [4.78, 5) is 23.7. The van der Waals surface area contributed by atoms with E-state index in [-0.39, 0.29) is 11.3 Å². The SMILES string of the molecule is CCn1nc2cc(C(=O)O)c3cc(C)ccc3n2c1=O. The summed E-state index contributed by atoms with van der Waals surface area (Å²) in [5.74, 6) is -1.03. The van der Waals surface area contributed by atoms with Crippen LogP contribution in [0.3, 0.4) is 0 Å². The maximum Gasteiger partial charge on any atom is 0.350 e. The molecular weight excluding hydrogens is 258 g/mol. The lowest BCUT2D eigenvalue weighted by Crippen LogP contribution is -2.20. The molecule has 0 fully saturated rings. The number of hydrogen-bond acceptors (Lipinski definition) is 3. The summed E-state index contributed by atoms with van der Waals surface area (Å²) >= 11 is 0. The van der Waals surface area contributed by atoms with Crippen LogP contribution in [0.25, 0.3) is 16.6 Å². The lowest BCUT2D eigenvalue weighted by atomic mass is 10.1. The van der Waals surface area contributed by atoms with E-state index in [9.17, 15) is 14.7 Å². The van der Waals surface area contributed by atoms with Crippen molar-refractivity contribution in [1.82, 2.24) is 14.2 Å². The fourth-order valence-corrected chi connectivity index (χ4v) is 2.39. The van der Waals surface area contributed by atoms with Gasteiger partial charge in [0.05, 0.1) is 11.1 Å². The van der Waals surface area contributed by atoms with E-state index in [4.69, 9.17) is 0 Å². The third-order valence-corrected chi connectivity index (χ3v) is 3.35.